The summed E-state index contributed by atoms with van der Waals surface area (Å²) >= 11 is 0. The Morgan fingerprint density at radius 1 is 1.80 bits per heavy atom. The number of allylic oxidation sites excluding steroid dienone is 2. The van der Waals surface area contributed by atoms with Crippen LogP contribution in [0.4, 0.5) is 0 Å². The van der Waals surface area contributed by atoms with E-state index in [9.17, 15) is 4.79 Å². The van der Waals surface area contributed by atoms with Crippen LogP contribution >= 0.6 is 0 Å². The first-order valence-corrected chi connectivity index (χ1v) is 5.13. The fraction of sp³-hybridized carbons (Fsp3) is 0.417. The summed E-state index contributed by atoms with van der Waals surface area (Å²) in [6.45, 7) is 7.40. The van der Waals surface area contributed by atoms with Gasteiger partial charge in [-0.15, -0.1) is 0 Å². The SMILES string of the molecule is C=C/C=C1/C=C(C(C)C(=O)O)NC1CC. The van der Waals surface area contributed by atoms with Gasteiger partial charge in [-0.2, -0.15) is 0 Å². The van der Waals surface area contributed by atoms with Crippen LogP contribution in [-0.2, 0) is 4.79 Å². The molecule has 0 aromatic heterocycles. The summed E-state index contributed by atoms with van der Waals surface area (Å²) in [7, 11) is 0. The molecule has 2 unspecified atom stereocenters. The average Bonchev–Trinajstić information content (AvgIpc) is 2.60. The fourth-order valence-electron chi connectivity index (χ4n) is 1.63. The maximum atomic E-state index is 10.8. The highest BCUT2D eigenvalue weighted by Crippen LogP contribution is 2.23. The zero-order valence-electron chi connectivity index (χ0n) is 9.16. The van der Waals surface area contributed by atoms with Gasteiger partial charge in [0.25, 0.3) is 0 Å². The van der Waals surface area contributed by atoms with Crippen molar-refractivity contribution in [1.82, 2.24) is 5.32 Å². The Morgan fingerprint density at radius 3 is 2.93 bits per heavy atom. The number of rotatable bonds is 4. The number of carboxylic acid groups (broad SMARTS) is 1. The summed E-state index contributed by atoms with van der Waals surface area (Å²) < 4.78 is 0. The molecule has 15 heavy (non-hydrogen) atoms. The lowest BCUT2D eigenvalue weighted by molar-refractivity contribution is -0.139. The zero-order valence-corrected chi connectivity index (χ0v) is 9.16. The number of nitrogens with one attached hydrogen (secondary N) is 1. The molecular formula is C12H17NO2. The molecule has 1 heterocycles. The maximum Gasteiger partial charge on any atom is 0.312 e. The standard InChI is InChI=1S/C12H17NO2/c1-4-6-9-7-11(8(3)12(14)15)13-10(9)5-2/h4,6-8,10,13H,1,5H2,2-3H3,(H,14,15)/b9-6-. The van der Waals surface area contributed by atoms with Gasteiger partial charge in [-0.1, -0.05) is 25.7 Å². The van der Waals surface area contributed by atoms with Crippen molar-refractivity contribution in [1.29, 1.82) is 0 Å². The number of carbonyl (C=O) groups is 1. The summed E-state index contributed by atoms with van der Waals surface area (Å²) in [5.74, 6) is -1.28. The predicted octanol–water partition coefficient (Wildman–Crippen LogP) is 2.09. The number of hydrogen-bond acceptors (Lipinski definition) is 2. The molecule has 2 N–H and O–H groups in total. The van der Waals surface area contributed by atoms with Crippen LogP contribution in [0.3, 0.4) is 0 Å². The third kappa shape index (κ3) is 2.49. The molecule has 0 spiro atoms. The summed E-state index contributed by atoms with van der Waals surface area (Å²) in [4.78, 5) is 10.8. The minimum absolute atomic E-state index is 0.222. The van der Waals surface area contributed by atoms with E-state index in [0.717, 1.165) is 17.7 Å². The Morgan fingerprint density at radius 2 is 2.47 bits per heavy atom. The minimum Gasteiger partial charge on any atom is -0.481 e. The Labute approximate surface area is 90.2 Å². The summed E-state index contributed by atoms with van der Waals surface area (Å²) in [5.41, 5.74) is 1.89. The van der Waals surface area contributed by atoms with Crippen LogP contribution in [0, 0.1) is 5.92 Å². The van der Waals surface area contributed by atoms with Gasteiger partial charge < -0.3 is 10.4 Å². The second kappa shape index (κ2) is 4.82. The van der Waals surface area contributed by atoms with Gasteiger partial charge in [-0.25, -0.2) is 0 Å². The lowest BCUT2D eigenvalue weighted by Gasteiger charge is -2.14. The minimum atomic E-state index is -0.802. The molecular weight excluding hydrogens is 190 g/mol. The van der Waals surface area contributed by atoms with Crippen LogP contribution in [0.2, 0.25) is 0 Å². The van der Waals surface area contributed by atoms with E-state index in [0.29, 0.717) is 0 Å². The highest BCUT2D eigenvalue weighted by atomic mass is 16.4. The van der Waals surface area contributed by atoms with E-state index in [1.54, 1.807) is 13.0 Å². The van der Waals surface area contributed by atoms with Gasteiger partial charge in [0.2, 0.25) is 0 Å². The van der Waals surface area contributed by atoms with Gasteiger partial charge in [0, 0.05) is 5.70 Å². The molecule has 0 aliphatic carbocycles. The Bertz CT molecular complexity index is 329. The molecule has 0 saturated carbocycles. The normalized spacial score (nSPS) is 24.5. The van der Waals surface area contributed by atoms with Crippen molar-refractivity contribution >= 4 is 5.97 Å². The van der Waals surface area contributed by atoms with E-state index >= 15 is 0 Å². The Hall–Kier alpha value is -1.51. The third-order valence-electron chi connectivity index (χ3n) is 2.62. The molecule has 0 aromatic rings. The molecule has 2 atom stereocenters. The highest BCUT2D eigenvalue weighted by molar-refractivity contribution is 5.73. The van der Waals surface area contributed by atoms with Crippen molar-refractivity contribution in [3.05, 3.63) is 36.1 Å². The maximum absolute atomic E-state index is 10.8. The van der Waals surface area contributed by atoms with E-state index in [2.05, 4.69) is 18.8 Å². The third-order valence-corrected chi connectivity index (χ3v) is 2.62. The number of hydrogen-bond donors (Lipinski definition) is 2. The van der Waals surface area contributed by atoms with Crippen LogP contribution in [0.25, 0.3) is 0 Å². The van der Waals surface area contributed by atoms with Crippen LogP contribution < -0.4 is 5.32 Å². The lowest BCUT2D eigenvalue weighted by Crippen LogP contribution is -2.28. The molecule has 0 saturated heterocycles. The molecule has 0 fully saturated rings. The Balaban J connectivity index is 2.87. The quantitative estimate of drug-likeness (QED) is 0.742. The predicted molar refractivity (Wildman–Crippen MR) is 60.4 cm³/mol. The van der Waals surface area contributed by atoms with Gasteiger partial charge in [0.15, 0.2) is 0 Å². The topological polar surface area (TPSA) is 49.3 Å². The van der Waals surface area contributed by atoms with Crippen molar-refractivity contribution in [2.24, 2.45) is 5.92 Å². The molecule has 0 bridgehead atoms. The van der Waals surface area contributed by atoms with Crippen molar-refractivity contribution in [3.63, 3.8) is 0 Å². The molecule has 3 nitrogen and oxygen atoms in total. The number of carboxylic acids is 1. The van der Waals surface area contributed by atoms with Gasteiger partial charge in [0.05, 0.1) is 12.0 Å². The first kappa shape index (κ1) is 11.6. The van der Waals surface area contributed by atoms with Crippen LogP contribution in [0.1, 0.15) is 20.3 Å². The number of aliphatic carboxylic acids is 1. The lowest BCUT2D eigenvalue weighted by atomic mass is 10.1. The molecule has 1 aliphatic rings. The second-order valence-electron chi connectivity index (χ2n) is 3.67. The van der Waals surface area contributed by atoms with Crippen molar-refractivity contribution in [2.75, 3.05) is 0 Å². The average molecular weight is 207 g/mol. The molecule has 1 aliphatic heterocycles. The molecule has 3 heteroatoms. The molecule has 1 rings (SSSR count). The molecule has 82 valence electrons. The van der Waals surface area contributed by atoms with Gasteiger partial charge in [0.1, 0.15) is 0 Å². The highest BCUT2D eigenvalue weighted by Gasteiger charge is 2.25. The van der Waals surface area contributed by atoms with Gasteiger partial charge in [-0.05, 0) is 25.0 Å². The van der Waals surface area contributed by atoms with Crippen LogP contribution in [-0.4, -0.2) is 17.1 Å². The van der Waals surface area contributed by atoms with Gasteiger partial charge in [-0.3, -0.25) is 4.79 Å². The van der Waals surface area contributed by atoms with Crippen molar-refractivity contribution in [3.8, 4) is 0 Å². The monoisotopic (exact) mass is 207 g/mol. The van der Waals surface area contributed by atoms with Crippen molar-refractivity contribution in [2.45, 2.75) is 26.3 Å². The fourth-order valence-corrected chi connectivity index (χ4v) is 1.63. The smallest absolute Gasteiger partial charge is 0.312 e. The van der Waals surface area contributed by atoms with E-state index in [1.165, 1.54) is 0 Å². The van der Waals surface area contributed by atoms with Crippen molar-refractivity contribution < 1.29 is 9.90 Å². The van der Waals surface area contributed by atoms with E-state index in [-0.39, 0.29) is 6.04 Å². The van der Waals surface area contributed by atoms with E-state index in [1.807, 2.05) is 12.2 Å². The second-order valence-corrected chi connectivity index (χ2v) is 3.67. The molecule has 0 amide bonds. The Kier molecular flexibility index (Phi) is 3.72. The van der Waals surface area contributed by atoms with Gasteiger partial charge >= 0.3 is 5.97 Å². The molecule has 0 radical (unpaired) electrons. The van der Waals surface area contributed by atoms with Crippen LogP contribution in [0.15, 0.2) is 36.1 Å². The van der Waals surface area contributed by atoms with E-state index in [4.69, 9.17) is 5.11 Å². The zero-order chi connectivity index (χ0) is 11.4. The van der Waals surface area contributed by atoms with Crippen LogP contribution in [0.5, 0.6) is 0 Å². The molecule has 0 aromatic carbocycles. The van der Waals surface area contributed by atoms with E-state index < -0.39 is 11.9 Å². The summed E-state index contributed by atoms with van der Waals surface area (Å²) in [6.07, 6.45) is 6.49. The summed E-state index contributed by atoms with van der Waals surface area (Å²) in [5, 5.41) is 12.1. The first-order valence-electron chi connectivity index (χ1n) is 5.13. The summed E-state index contributed by atoms with van der Waals surface area (Å²) in [6, 6.07) is 0.222. The first-order chi connectivity index (χ1) is 7.10. The largest absolute Gasteiger partial charge is 0.481 e.